The number of carbonyl (C=O) groups is 1. The van der Waals surface area contributed by atoms with Gasteiger partial charge in [-0.15, -0.1) is 0 Å². The highest BCUT2D eigenvalue weighted by atomic mass is 16.5. The van der Waals surface area contributed by atoms with Crippen LogP contribution in [0.15, 0.2) is 18.3 Å². The fraction of sp³-hybridized carbons (Fsp3) is 0.500. The van der Waals surface area contributed by atoms with Gasteiger partial charge in [0.15, 0.2) is 0 Å². The Balaban J connectivity index is 2.23. The monoisotopic (exact) mass is 235 g/mol. The predicted molar refractivity (Wildman–Crippen MR) is 64.2 cm³/mol. The number of piperazine rings is 1. The molecule has 2 rings (SSSR count). The molecule has 0 unspecified atom stereocenters. The van der Waals surface area contributed by atoms with Gasteiger partial charge in [0.05, 0.1) is 7.11 Å². The van der Waals surface area contributed by atoms with Crippen LogP contribution in [-0.2, 0) is 0 Å². The molecule has 1 saturated heterocycles. The van der Waals surface area contributed by atoms with Crippen LogP contribution in [0.2, 0.25) is 0 Å². The number of nitrogens with one attached hydrogen (secondary N) is 1. The van der Waals surface area contributed by atoms with Crippen molar-refractivity contribution in [3.05, 3.63) is 23.9 Å². The summed E-state index contributed by atoms with van der Waals surface area (Å²) in [5.41, 5.74) is 0.531. The molecular weight excluding hydrogens is 218 g/mol. The SMILES string of the molecule is COc1ncccc1C(=O)N1CCNC[C@@H]1C. The zero-order valence-corrected chi connectivity index (χ0v) is 10.1. The number of methoxy groups -OCH3 is 1. The minimum Gasteiger partial charge on any atom is -0.480 e. The van der Waals surface area contributed by atoms with Crippen molar-refractivity contribution in [2.24, 2.45) is 0 Å². The lowest BCUT2D eigenvalue weighted by atomic mass is 10.1. The van der Waals surface area contributed by atoms with Gasteiger partial charge in [-0.2, -0.15) is 0 Å². The van der Waals surface area contributed by atoms with Crippen LogP contribution in [0.1, 0.15) is 17.3 Å². The highest BCUT2D eigenvalue weighted by molar-refractivity contribution is 5.96. The maximum Gasteiger partial charge on any atom is 0.259 e. The fourth-order valence-electron chi connectivity index (χ4n) is 2.01. The number of amides is 1. The fourth-order valence-corrected chi connectivity index (χ4v) is 2.01. The summed E-state index contributed by atoms with van der Waals surface area (Å²) in [6.07, 6.45) is 1.62. The standard InChI is InChI=1S/C12H17N3O2/c1-9-8-13-6-7-15(9)12(16)10-4-3-5-14-11(10)17-2/h3-5,9,13H,6-8H2,1-2H3/t9-/m0/s1. The zero-order chi connectivity index (χ0) is 12.3. The van der Waals surface area contributed by atoms with E-state index in [2.05, 4.69) is 10.3 Å². The number of hydrogen-bond acceptors (Lipinski definition) is 4. The average Bonchev–Trinajstić information content (AvgIpc) is 2.38. The highest BCUT2D eigenvalue weighted by Gasteiger charge is 2.26. The number of carbonyl (C=O) groups excluding carboxylic acids is 1. The second kappa shape index (κ2) is 5.14. The maximum absolute atomic E-state index is 12.4. The van der Waals surface area contributed by atoms with E-state index < -0.39 is 0 Å². The molecule has 0 spiro atoms. The van der Waals surface area contributed by atoms with E-state index >= 15 is 0 Å². The number of hydrogen-bond donors (Lipinski definition) is 1. The quantitative estimate of drug-likeness (QED) is 0.812. The summed E-state index contributed by atoms with van der Waals surface area (Å²) in [5.74, 6) is 0.382. The Kier molecular flexibility index (Phi) is 3.58. The molecule has 1 aromatic heterocycles. The summed E-state index contributed by atoms with van der Waals surface area (Å²) in [5, 5.41) is 3.26. The van der Waals surface area contributed by atoms with Crippen LogP contribution in [0.3, 0.4) is 0 Å². The lowest BCUT2D eigenvalue weighted by molar-refractivity contribution is 0.0651. The van der Waals surface area contributed by atoms with Crippen molar-refractivity contribution in [1.82, 2.24) is 15.2 Å². The molecule has 1 aliphatic rings. The smallest absolute Gasteiger partial charge is 0.259 e. The first-order chi connectivity index (χ1) is 8.24. The Morgan fingerprint density at radius 3 is 3.18 bits per heavy atom. The first-order valence-corrected chi connectivity index (χ1v) is 5.74. The van der Waals surface area contributed by atoms with Crippen LogP contribution < -0.4 is 10.1 Å². The van der Waals surface area contributed by atoms with Gasteiger partial charge in [-0.05, 0) is 19.1 Å². The van der Waals surface area contributed by atoms with Crippen LogP contribution in [0.5, 0.6) is 5.88 Å². The Bertz CT molecular complexity index is 408. The molecule has 1 aliphatic heterocycles. The second-order valence-corrected chi connectivity index (χ2v) is 4.11. The summed E-state index contributed by atoms with van der Waals surface area (Å²) in [4.78, 5) is 18.3. The third-order valence-corrected chi connectivity index (χ3v) is 2.96. The van der Waals surface area contributed by atoms with Crippen LogP contribution in [0, 0.1) is 0 Å². The molecule has 1 atom stereocenters. The van der Waals surface area contributed by atoms with Gasteiger partial charge in [-0.25, -0.2) is 4.98 Å². The number of nitrogens with zero attached hydrogens (tertiary/aromatic N) is 2. The van der Waals surface area contributed by atoms with E-state index in [1.165, 1.54) is 7.11 Å². The first kappa shape index (κ1) is 11.9. The molecule has 1 aromatic rings. The van der Waals surface area contributed by atoms with Gasteiger partial charge in [0, 0.05) is 31.9 Å². The Morgan fingerprint density at radius 1 is 1.65 bits per heavy atom. The second-order valence-electron chi connectivity index (χ2n) is 4.11. The normalized spacial score (nSPS) is 20.1. The lowest BCUT2D eigenvalue weighted by Crippen LogP contribution is -2.52. The van der Waals surface area contributed by atoms with E-state index in [4.69, 9.17) is 4.74 Å². The van der Waals surface area contributed by atoms with E-state index in [0.29, 0.717) is 11.4 Å². The molecule has 0 radical (unpaired) electrons. The number of ether oxygens (including phenoxy) is 1. The van der Waals surface area contributed by atoms with E-state index in [-0.39, 0.29) is 11.9 Å². The minimum atomic E-state index is -0.0102. The zero-order valence-electron chi connectivity index (χ0n) is 10.1. The molecule has 2 heterocycles. The van der Waals surface area contributed by atoms with Crippen molar-refractivity contribution in [1.29, 1.82) is 0 Å². The molecular formula is C12H17N3O2. The first-order valence-electron chi connectivity index (χ1n) is 5.74. The molecule has 0 aromatic carbocycles. The van der Waals surface area contributed by atoms with E-state index in [9.17, 15) is 4.79 Å². The minimum absolute atomic E-state index is 0.0102. The predicted octanol–water partition coefficient (Wildman–Crippen LogP) is 0.524. The van der Waals surface area contributed by atoms with E-state index in [1.807, 2.05) is 11.8 Å². The largest absolute Gasteiger partial charge is 0.480 e. The molecule has 92 valence electrons. The van der Waals surface area contributed by atoms with Crippen LogP contribution in [0.25, 0.3) is 0 Å². The van der Waals surface area contributed by atoms with Gasteiger partial charge in [0.25, 0.3) is 5.91 Å². The highest BCUT2D eigenvalue weighted by Crippen LogP contribution is 2.18. The summed E-state index contributed by atoms with van der Waals surface area (Å²) in [6, 6.07) is 3.70. The number of pyridine rings is 1. The van der Waals surface area contributed by atoms with Crippen molar-refractivity contribution in [3.8, 4) is 5.88 Å². The Morgan fingerprint density at radius 2 is 2.47 bits per heavy atom. The van der Waals surface area contributed by atoms with Gasteiger partial charge in [-0.1, -0.05) is 0 Å². The third kappa shape index (κ3) is 2.39. The third-order valence-electron chi connectivity index (χ3n) is 2.96. The van der Waals surface area contributed by atoms with E-state index in [1.54, 1.807) is 18.3 Å². The topological polar surface area (TPSA) is 54.5 Å². The molecule has 1 amide bonds. The van der Waals surface area contributed by atoms with Crippen molar-refractivity contribution in [2.45, 2.75) is 13.0 Å². The Hall–Kier alpha value is -1.62. The number of aromatic nitrogens is 1. The summed E-state index contributed by atoms with van der Waals surface area (Å²) < 4.78 is 5.12. The van der Waals surface area contributed by atoms with Crippen molar-refractivity contribution in [2.75, 3.05) is 26.7 Å². The molecule has 0 aliphatic carbocycles. The van der Waals surface area contributed by atoms with Gasteiger partial charge >= 0.3 is 0 Å². The van der Waals surface area contributed by atoms with Crippen LogP contribution in [-0.4, -0.2) is 48.6 Å². The molecule has 0 saturated carbocycles. The molecule has 1 fully saturated rings. The summed E-state index contributed by atoms with van der Waals surface area (Å²) in [7, 11) is 1.53. The van der Waals surface area contributed by atoms with E-state index in [0.717, 1.165) is 19.6 Å². The molecule has 5 nitrogen and oxygen atoms in total. The van der Waals surface area contributed by atoms with Gasteiger partial charge in [0.1, 0.15) is 5.56 Å². The van der Waals surface area contributed by atoms with Crippen molar-refractivity contribution < 1.29 is 9.53 Å². The summed E-state index contributed by atoms with van der Waals surface area (Å²) >= 11 is 0. The molecule has 17 heavy (non-hydrogen) atoms. The van der Waals surface area contributed by atoms with Gasteiger partial charge in [0.2, 0.25) is 5.88 Å². The molecule has 5 heteroatoms. The van der Waals surface area contributed by atoms with Gasteiger partial charge in [-0.3, -0.25) is 4.79 Å². The maximum atomic E-state index is 12.4. The summed E-state index contributed by atoms with van der Waals surface area (Å²) in [6.45, 7) is 4.41. The average molecular weight is 235 g/mol. The van der Waals surface area contributed by atoms with Crippen molar-refractivity contribution >= 4 is 5.91 Å². The molecule has 1 N–H and O–H groups in total. The van der Waals surface area contributed by atoms with Crippen LogP contribution in [0.4, 0.5) is 0 Å². The lowest BCUT2D eigenvalue weighted by Gasteiger charge is -2.34. The number of rotatable bonds is 2. The molecule has 0 bridgehead atoms. The Labute approximate surface area is 101 Å². The van der Waals surface area contributed by atoms with Crippen molar-refractivity contribution in [3.63, 3.8) is 0 Å². The van der Waals surface area contributed by atoms with Gasteiger partial charge < -0.3 is 15.0 Å². The van der Waals surface area contributed by atoms with Crippen LogP contribution >= 0.6 is 0 Å².